The van der Waals surface area contributed by atoms with Crippen molar-refractivity contribution in [3.8, 4) is 11.4 Å². The number of rotatable bonds is 7. The molecular weight excluding hydrogens is 480 g/mol. The molecule has 1 amide bonds. The predicted molar refractivity (Wildman–Crippen MR) is 131 cm³/mol. The molecule has 0 aliphatic carbocycles. The lowest BCUT2D eigenvalue weighted by Crippen LogP contribution is -2.31. The standard InChI is InChI=1S/C23H19ClN4O3S2/c1-2-28(16-8-4-3-5-9-16)33(30,31)17-11-12-19(24)18(14-17)22(29)27-23-26-21(15-32-23)20-10-6-7-13-25-20/h3-15H,2H2,1H3,(H,26,27,29). The van der Waals surface area contributed by atoms with Gasteiger partial charge in [-0.1, -0.05) is 35.9 Å². The van der Waals surface area contributed by atoms with Gasteiger partial charge in [0.15, 0.2) is 5.13 Å². The molecule has 4 aromatic rings. The van der Waals surface area contributed by atoms with Gasteiger partial charge in [-0.2, -0.15) is 0 Å². The number of anilines is 2. The summed E-state index contributed by atoms with van der Waals surface area (Å²) in [5.41, 5.74) is 1.88. The summed E-state index contributed by atoms with van der Waals surface area (Å²) in [5, 5.41) is 4.95. The fourth-order valence-corrected chi connectivity index (χ4v) is 5.58. The zero-order chi connectivity index (χ0) is 23.4. The van der Waals surface area contributed by atoms with Gasteiger partial charge in [-0.25, -0.2) is 13.4 Å². The van der Waals surface area contributed by atoms with Crippen LogP contribution in [0.4, 0.5) is 10.8 Å². The molecule has 0 saturated heterocycles. The first kappa shape index (κ1) is 22.9. The summed E-state index contributed by atoms with van der Waals surface area (Å²) in [6, 6.07) is 18.3. The molecule has 0 aliphatic heterocycles. The lowest BCUT2D eigenvalue weighted by Gasteiger charge is -2.23. The largest absolute Gasteiger partial charge is 0.298 e. The maximum absolute atomic E-state index is 13.3. The highest BCUT2D eigenvalue weighted by Crippen LogP contribution is 2.28. The minimum atomic E-state index is -3.91. The van der Waals surface area contributed by atoms with E-state index in [1.165, 1.54) is 33.8 Å². The van der Waals surface area contributed by atoms with Gasteiger partial charge in [-0.05, 0) is 49.4 Å². The highest BCUT2D eigenvalue weighted by molar-refractivity contribution is 7.92. The third-order valence-electron chi connectivity index (χ3n) is 4.75. The Balaban J connectivity index is 1.61. The predicted octanol–water partition coefficient (Wildman–Crippen LogP) is 5.33. The van der Waals surface area contributed by atoms with Crippen LogP contribution in [0.5, 0.6) is 0 Å². The maximum atomic E-state index is 13.3. The number of hydrogen-bond acceptors (Lipinski definition) is 6. The number of hydrogen-bond donors (Lipinski definition) is 1. The van der Waals surface area contributed by atoms with E-state index >= 15 is 0 Å². The summed E-state index contributed by atoms with van der Waals surface area (Å²) < 4.78 is 27.9. The average Bonchev–Trinajstić information content (AvgIpc) is 3.29. The Hall–Kier alpha value is -3.27. The third-order valence-corrected chi connectivity index (χ3v) is 7.74. The number of aromatic nitrogens is 2. The Bertz CT molecular complexity index is 1380. The number of nitrogens with one attached hydrogen (secondary N) is 1. The van der Waals surface area contributed by atoms with E-state index in [-0.39, 0.29) is 22.0 Å². The van der Waals surface area contributed by atoms with E-state index in [4.69, 9.17) is 11.6 Å². The molecule has 4 rings (SSSR count). The minimum absolute atomic E-state index is 0.0314. The monoisotopic (exact) mass is 498 g/mol. The van der Waals surface area contributed by atoms with E-state index in [2.05, 4.69) is 15.3 Å². The molecule has 0 radical (unpaired) electrons. The number of carbonyl (C=O) groups is 1. The summed E-state index contributed by atoms with van der Waals surface area (Å²) >= 11 is 7.48. The van der Waals surface area contributed by atoms with E-state index in [0.717, 1.165) is 0 Å². The quantitative estimate of drug-likeness (QED) is 0.372. The molecule has 0 aliphatic rings. The Morgan fingerprint density at radius 1 is 1.06 bits per heavy atom. The second-order valence-corrected chi connectivity index (χ2v) is 9.98. The van der Waals surface area contributed by atoms with Crippen LogP contribution in [0, 0.1) is 0 Å². The van der Waals surface area contributed by atoms with E-state index in [1.807, 2.05) is 18.2 Å². The molecule has 0 atom stereocenters. The summed E-state index contributed by atoms with van der Waals surface area (Å²) in [7, 11) is -3.91. The molecule has 2 heterocycles. The average molecular weight is 499 g/mol. The molecular formula is C23H19ClN4O3S2. The van der Waals surface area contributed by atoms with Crippen LogP contribution in [0.25, 0.3) is 11.4 Å². The van der Waals surface area contributed by atoms with E-state index in [0.29, 0.717) is 22.2 Å². The summed E-state index contributed by atoms with van der Waals surface area (Å²) in [6.45, 7) is 1.97. The first-order valence-electron chi connectivity index (χ1n) is 9.95. The van der Waals surface area contributed by atoms with Crippen molar-refractivity contribution in [1.29, 1.82) is 0 Å². The van der Waals surface area contributed by atoms with Crippen LogP contribution in [-0.4, -0.2) is 30.8 Å². The molecule has 2 aromatic heterocycles. The summed E-state index contributed by atoms with van der Waals surface area (Å²) in [5.74, 6) is -0.554. The molecule has 0 saturated carbocycles. The minimum Gasteiger partial charge on any atom is -0.298 e. The van der Waals surface area contributed by atoms with Crippen molar-refractivity contribution in [3.63, 3.8) is 0 Å². The zero-order valence-corrected chi connectivity index (χ0v) is 19.9. The van der Waals surface area contributed by atoms with Crippen LogP contribution < -0.4 is 9.62 Å². The van der Waals surface area contributed by atoms with Crippen molar-refractivity contribution < 1.29 is 13.2 Å². The highest BCUT2D eigenvalue weighted by atomic mass is 35.5. The molecule has 0 fully saturated rings. The van der Waals surface area contributed by atoms with Crippen LogP contribution in [0.1, 0.15) is 17.3 Å². The topological polar surface area (TPSA) is 92.3 Å². The lowest BCUT2D eigenvalue weighted by molar-refractivity contribution is 0.102. The van der Waals surface area contributed by atoms with Gasteiger partial charge in [0.2, 0.25) is 0 Å². The van der Waals surface area contributed by atoms with Crippen molar-refractivity contribution in [2.24, 2.45) is 0 Å². The van der Waals surface area contributed by atoms with Crippen molar-refractivity contribution in [1.82, 2.24) is 9.97 Å². The molecule has 0 unspecified atom stereocenters. The van der Waals surface area contributed by atoms with Gasteiger partial charge >= 0.3 is 0 Å². The lowest BCUT2D eigenvalue weighted by atomic mass is 10.2. The zero-order valence-electron chi connectivity index (χ0n) is 17.5. The van der Waals surface area contributed by atoms with Crippen LogP contribution in [-0.2, 0) is 10.0 Å². The van der Waals surface area contributed by atoms with Crippen LogP contribution in [0.3, 0.4) is 0 Å². The fraction of sp³-hybridized carbons (Fsp3) is 0.0870. The Kier molecular flexibility index (Phi) is 6.73. The molecule has 0 spiro atoms. The molecule has 2 aromatic carbocycles. The van der Waals surface area contributed by atoms with Crippen LogP contribution in [0.15, 0.2) is 83.2 Å². The molecule has 10 heteroatoms. The number of amides is 1. The van der Waals surface area contributed by atoms with E-state index in [1.54, 1.807) is 48.8 Å². The number of nitrogens with zero attached hydrogens (tertiary/aromatic N) is 3. The van der Waals surface area contributed by atoms with Gasteiger partial charge in [0.05, 0.1) is 26.9 Å². The van der Waals surface area contributed by atoms with E-state index in [9.17, 15) is 13.2 Å². The van der Waals surface area contributed by atoms with Gasteiger partial charge in [0, 0.05) is 18.1 Å². The van der Waals surface area contributed by atoms with Gasteiger partial charge in [0.25, 0.3) is 15.9 Å². The Morgan fingerprint density at radius 2 is 1.82 bits per heavy atom. The summed E-state index contributed by atoms with van der Waals surface area (Å²) in [4.78, 5) is 21.5. The number of thiazole rings is 1. The Morgan fingerprint density at radius 3 is 2.52 bits per heavy atom. The highest BCUT2D eigenvalue weighted by Gasteiger charge is 2.25. The first-order valence-corrected chi connectivity index (χ1v) is 12.7. The third kappa shape index (κ3) is 4.90. The Labute approximate surface area is 200 Å². The second kappa shape index (κ2) is 9.70. The molecule has 33 heavy (non-hydrogen) atoms. The summed E-state index contributed by atoms with van der Waals surface area (Å²) in [6.07, 6.45) is 1.66. The number of para-hydroxylation sites is 1. The maximum Gasteiger partial charge on any atom is 0.264 e. The number of pyridine rings is 1. The smallest absolute Gasteiger partial charge is 0.264 e. The fourth-order valence-electron chi connectivity index (χ4n) is 3.18. The number of sulfonamides is 1. The first-order chi connectivity index (χ1) is 15.9. The van der Waals surface area contributed by atoms with Gasteiger partial charge in [-0.15, -0.1) is 11.3 Å². The van der Waals surface area contributed by atoms with Crippen molar-refractivity contribution in [2.45, 2.75) is 11.8 Å². The van der Waals surface area contributed by atoms with Crippen molar-refractivity contribution in [2.75, 3.05) is 16.2 Å². The molecule has 0 bridgehead atoms. The molecule has 7 nitrogen and oxygen atoms in total. The molecule has 1 N–H and O–H groups in total. The normalized spacial score (nSPS) is 11.2. The number of halogens is 1. The molecule has 168 valence electrons. The van der Waals surface area contributed by atoms with E-state index < -0.39 is 15.9 Å². The second-order valence-electron chi connectivity index (χ2n) is 6.85. The van der Waals surface area contributed by atoms with Gasteiger partial charge in [-0.3, -0.25) is 19.4 Å². The van der Waals surface area contributed by atoms with Crippen LogP contribution >= 0.6 is 22.9 Å². The number of carbonyl (C=O) groups excluding carboxylic acids is 1. The van der Waals surface area contributed by atoms with Crippen molar-refractivity contribution in [3.05, 3.63) is 88.9 Å². The van der Waals surface area contributed by atoms with Gasteiger partial charge in [0.1, 0.15) is 5.69 Å². The van der Waals surface area contributed by atoms with Gasteiger partial charge < -0.3 is 0 Å². The SMILES string of the molecule is CCN(c1ccccc1)S(=O)(=O)c1ccc(Cl)c(C(=O)Nc2nc(-c3ccccn3)cs2)c1. The van der Waals surface area contributed by atoms with Crippen molar-refractivity contribution >= 4 is 49.7 Å². The number of benzene rings is 2. The van der Waals surface area contributed by atoms with Crippen LogP contribution in [0.2, 0.25) is 5.02 Å².